The lowest BCUT2D eigenvalue weighted by Crippen LogP contribution is -2.61. The van der Waals surface area contributed by atoms with Crippen LogP contribution >= 0.6 is 0 Å². The van der Waals surface area contributed by atoms with E-state index in [1.807, 2.05) is 34.7 Å². The van der Waals surface area contributed by atoms with Crippen LogP contribution < -0.4 is 0 Å². The molecule has 0 spiro atoms. The molecule has 346 valence electrons. The zero-order chi connectivity index (χ0) is 45.4. The maximum atomic E-state index is 14.3. The maximum absolute atomic E-state index is 14.3. The molecular formula is C44H76N2O14. The van der Waals surface area contributed by atoms with Crippen LogP contribution in [0.25, 0.3) is 0 Å². The van der Waals surface area contributed by atoms with Gasteiger partial charge in [0.15, 0.2) is 18.7 Å². The fraction of sp³-hybridized carbons (Fsp3) is 0.864. The van der Waals surface area contributed by atoms with Crippen LogP contribution in [0.3, 0.4) is 0 Å². The molecule has 2 N–H and O–H groups in total. The molecule has 0 saturated carbocycles. The smallest absolute Gasteiger partial charge is 0.311 e. The minimum absolute atomic E-state index is 0.0115. The Kier molecular flexibility index (Phi) is 19.0. The summed E-state index contributed by atoms with van der Waals surface area (Å²) in [7, 11) is 6.35. The number of carbonyl (C=O) groups excluding carboxylic acids is 4. The summed E-state index contributed by atoms with van der Waals surface area (Å²) in [6, 6.07) is -0.764. The van der Waals surface area contributed by atoms with Crippen molar-refractivity contribution in [2.75, 3.05) is 34.9 Å². The number of nitrogens with zero attached hydrogens (tertiary/aromatic N) is 2. The van der Waals surface area contributed by atoms with Gasteiger partial charge in [0.1, 0.15) is 17.8 Å². The molecule has 0 unspecified atom stereocenters. The van der Waals surface area contributed by atoms with Crippen molar-refractivity contribution < 1.29 is 67.3 Å². The largest absolute Gasteiger partial charge is 0.469 e. The Balaban J connectivity index is 2.14. The van der Waals surface area contributed by atoms with Crippen LogP contribution in [0.5, 0.6) is 0 Å². The molecule has 2 fully saturated rings. The number of rotatable bonds is 11. The van der Waals surface area contributed by atoms with Gasteiger partial charge >= 0.3 is 17.9 Å². The van der Waals surface area contributed by atoms with E-state index in [1.54, 1.807) is 41.7 Å². The van der Waals surface area contributed by atoms with Gasteiger partial charge in [-0.15, -0.1) is 0 Å². The Morgan fingerprint density at radius 3 is 2.23 bits per heavy atom. The predicted molar refractivity (Wildman–Crippen MR) is 221 cm³/mol. The number of carbonyl (C=O) groups is 4. The van der Waals surface area contributed by atoms with Gasteiger partial charge in [-0.3, -0.25) is 24.1 Å². The van der Waals surface area contributed by atoms with Gasteiger partial charge < -0.3 is 53.0 Å². The minimum Gasteiger partial charge on any atom is -0.469 e. The summed E-state index contributed by atoms with van der Waals surface area (Å²) in [4.78, 5) is 55.1. The molecule has 0 aliphatic carbocycles. The summed E-state index contributed by atoms with van der Waals surface area (Å²) in [6.45, 7) is 20.5. The molecule has 2 saturated heterocycles. The van der Waals surface area contributed by atoms with E-state index in [0.717, 1.165) is 5.57 Å². The van der Waals surface area contributed by atoms with Gasteiger partial charge in [-0.25, -0.2) is 0 Å². The van der Waals surface area contributed by atoms with Crippen molar-refractivity contribution in [3.8, 4) is 0 Å². The first-order valence-electron chi connectivity index (χ1n) is 21.6. The second-order valence-electron chi connectivity index (χ2n) is 18.1. The van der Waals surface area contributed by atoms with E-state index >= 15 is 0 Å². The number of esters is 3. The van der Waals surface area contributed by atoms with Crippen LogP contribution in [-0.4, -0.2) is 157 Å². The van der Waals surface area contributed by atoms with Crippen LogP contribution in [0.2, 0.25) is 0 Å². The fourth-order valence-electron chi connectivity index (χ4n) is 9.24. The minimum atomic E-state index is -1.60. The van der Waals surface area contributed by atoms with E-state index in [9.17, 15) is 29.4 Å². The first-order chi connectivity index (χ1) is 27.9. The average molecular weight is 857 g/mol. The number of amides is 1. The number of aliphatic hydroxyl groups is 2. The summed E-state index contributed by atoms with van der Waals surface area (Å²) in [5.74, 6) is -3.70. The van der Waals surface area contributed by atoms with Gasteiger partial charge in [-0.1, -0.05) is 26.8 Å². The number of cyclic esters (lactones) is 1. The third-order valence-electron chi connectivity index (χ3n) is 12.8. The lowest BCUT2D eigenvalue weighted by molar-refractivity contribution is -0.318. The van der Waals surface area contributed by atoms with Crippen LogP contribution in [0.4, 0.5) is 0 Å². The quantitative estimate of drug-likeness (QED) is 0.171. The van der Waals surface area contributed by atoms with E-state index < -0.39 is 102 Å². The highest BCUT2D eigenvalue weighted by Gasteiger charge is 2.53. The highest BCUT2D eigenvalue weighted by Crippen LogP contribution is 2.40. The summed E-state index contributed by atoms with van der Waals surface area (Å²) < 4.78 is 48.8. The molecule has 60 heavy (non-hydrogen) atoms. The number of methoxy groups -OCH3 is 2. The molecule has 3 rings (SSSR count). The van der Waals surface area contributed by atoms with Crippen LogP contribution in [0.1, 0.15) is 115 Å². The van der Waals surface area contributed by atoms with Gasteiger partial charge in [0.2, 0.25) is 5.91 Å². The molecule has 0 radical (unpaired) electrons. The van der Waals surface area contributed by atoms with Crippen molar-refractivity contribution in [2.45, 2.75) is 193 Å². The van der Waals surface area contributed by atoms with E-state index in [1.165, 1.54) is 26.0 Å². The highest BCUT2D eigenvalue weighted by molar-refractivity contribution is 5.81. The van der Waals surface area contributed by atoms with Gasteiger partial charge in [0.25, 0.3) is 0 Å². The molecule has 16 heteroatoms. The maximum Gasteiger partial charge on any atom is 0.311 e. The third kappa shape index (κ3) is 13.2. The van der Waals surface area contributed by atoms with Crippen molar-refractivity contribution in [1.82, 2.24) is 9.80 Å². The zero-order valence-corrected chi connectivity index (χ0v) is 38.8. The first-order valence-corrected chi connectivity index (χ1v) is 21.6. The van der Waals surface area contributed by atoms with Gasteiger partial charge in [0, 0.05) is 52.4 Å². The zero-order valence-electron chi connectivity index (χ0n) is 38.8. The Morgan fingerprint density at radius 2 is 1.65 bits per heavy atom. The van der Waals surface area contributed by atoms with Gasteiger partial charge in [-0.2, -0.15) is 0 Å². The highest BCUT2D eigenvalue weighted by atomic mass is 16.7. The van der Waals surface area contributed by atoms with Crippen LogP contribution in [0, 0.1) is 17.8 Å². The summed E-state index contributed by atoms with van der Waals surface area (Å²) >= 11 is 0. The van der Waals surface area contributed by atoms with Crippen molar-refractivity contribution in [1.29, 1.82) is 0 Å². The topological polar surface area (TPSA) is 189 Å². The number of hydrogen-bond donors (Lipinski definition) is 2. The SMILES string of the molecule is CC[C@H]1OC(=O)[C@H](C)[C@@H](O[C@H]2C[C@@](C)(OC)[C@@H](OC(C)=O)[C@H](C)O2)[C@H](C)[C@@H](O[C@@H]2O[C@H](C)C[C@H](N(C)C(=O)CCC(=O)OC)[C@H]2O)[C@](C)(O)C[C@@H](C)CN(C)[C@H](C)/C=C/1C. The Bertz CT molecular complexity index is 1480. The van der Waals surface area contributed by atoms with E-state index in [0.29, 0.717) is 13.0 Å². The van der Waals surface area contributed by atoms with Crippen LogP contribution in [0.15, 0.2) is 11.6 Å². The molecule has 1 amide bonds. The standard InChI is InChI=1S/C44H76N2O14/c1-16-33-25(3)19-26(4)45(12)23-24(2)21-43(10,52)39(60-42-37(50)32(20-27(5)55-42)46(13)34(48)17-18-35(49)53-14)28(6)38(29(7)41(51)58-33)59-36-22-44(11,54-15)40(30(8)56-36)57-31(9)47/h19,24,26-30,32-33,36-40,42,50,52H,16-18,20-23H2,1-15H3/b25-19+/t24-,26-,27-,28+,29-,30+,32+,33-,36+,37-,38+,39-,40+,42+,43-,44-/m1/s1. The third-order valence-corrected chi connectivity index (χ3v) is 12.8. The lowest BCUT2D eigenvalue weighted by Gasteiger charge is -2.49. The molecule has 0 bridgehead atoms. The Labute approximate surface area is 357 Å². The van der Waals surface area contributed by atoms with E-state index in [-0.39, 0.29) is 50.0 Å². The molecule has 16 nitrogen and oxygen atoms in total. The van der Waals surface area contributed by atoms with E-state index in [4.69, 9.17) is 37.9 Å². The predicted octanol–water partition coefficient (Wildman–Crippen LogP) is 4.16. The summed E-state index contributed by atoms with van der Waals surface area (Å²) in [6.07, 6.45) is -5.13. The molecule has 3 aliphatic heterocycles. The number of aliphatic hydroxyl groups excluding tert-OH is 1. The molecule has 3 aliphatic rings. The Morgan fingerprint density at radius 1 is 1.00 bits per heavy atom. The normalized spacial score (nSPS) is 41.1. The fourth-order valence-corrected chi connectivity index (χ4v) is 9.24. The Hall–Kier alpha value is -2.70. The lowest BCUT2D eigenvalue weighted by atomic mass is 9.77. The average Bonchev–Trinajstić information content (AvgIpc) is 3.17. The monoisotopic (exact) mass is 857 g/mol. The molecule has 0 aromatic heterocycles. The molecule has 3 heterocycles. The van der Waals surface area contributed by atoms with E-state index in [2.05, 4.69) is 17.9 Å². The van der Waals surface area contributed by atoms with Crippen molar-refractivity contribution in [3.63, 3.8) is 0 Å². The molecular weight excluding hydrogens is 780 g/mol. The number of likely N-dealkylation sites (N-methyl/N-ethyl adjacent to an activating group) is 2. The van der Waals surface area contributed by atoms with Crippen molar-refractivity contribution >= 4 is 23.8 Å². The second-order valence-corrected chi connectivity index (χ2v) is 18.1. The molecule has 0 aromatic rings. The van der Waals surface area contributed by atoms with Crippen molar-refractivity contribution in [2.24, 2.45) is 17.8 Å². The summed E-state index contributed by atoms with van der Waals surface area (Å²) in [5.41, 5.74) is -1.71. The number of hydrogen-bond acceptors (Lipinski definition) is 15. The van der Waals surface area contributed by atoms with Gasteiger partial charge in [-0.05, 0) is 86.3 Å². The summed E-state index contributed by atoms with van der Waals surface area (Å²) in [5, 5.41) is 24.6. The van der Waals surface area contributed by atoms with Gasteiger partial charge in [0.05, 0.1) is 55.5 Å². The number of ether oxygens (including phenoxy) is 8. The van der Waals surface area contributed by atoms with Crippen molar-refractivity contribution in [3.05, 3.63) is 11.6 Å². The first kappa shape index (κ1) is 51.6. The second kappa shape index (κ2) is 22.1. The molecule has 0 aromatic carbocycles. The van der Waals surface area contributed by atoms with Crippen LogP contribution in [-0.2, 0) is 57.1 Å². The molecule has 16 atom stereocenters.